The number of benzene rings is 1. The van der Waals surface area contributed by atoms with Gasteiger partial charge in [-0.3, -0.25) is 4.79 Å². The molecule has 1 aromatic rings. The fourth-order valence-corrected chi connectivity index (χ4v) is 4.30. The van der Waals surface area contributed by atoms with E-state index < -0.39 is 0 Å². The van der Waals surface area contributed by atoms with Crippen molar-refractivity contribution in [1.29, 1.82) is 0 Å². The molecule has 24 heavy (non-hydrogen) atoms. The highest BCUT2D eigenvalue weighted by atomic mass is 35.5. The Labute approximate surface area is 158 Å². The highest BCUT2D eigenvalue weighted by Gasteiger charge is 2.45. The number of aliphatic hydroxyl groups is 1. The normalized spacial score (nSPS) is 26.5. The van der Waals surface area contributed by atoms with Gasteiger partial charge in [-0.15, -0.1) is 12.4 Å². The van der Waals surface area contributed by atoms with E-state index in [0.717, 1.165) is 31.4 Å². The Morgan fingerprint density at radius 1 is 1.42 bits per heavy atom. The summed E-state index contributed by atoms with van der Waals surface area (Å²) in [6.07, 6.45) is 2.83. The number of hydrogen-bond donors (Lipinski definition) is 2. The van der Waals surface area contributed by atoms with E-state index in [-0.39, 0.29) is 36.4 Å². The number of amides is 1. The molecule has 0 aliphatic carbocycles. The van der Waals surface area contributed by atoms with E-state index in [4.69, 9.17) is 23.2 Å². The van der Waals surface area contributed by atoms with Gasteiger partial charge in [-0.1, -0.05) is 23.2 Å². The molecule has 1 amide bonds. The summed E-state index contributed by atoms with van der Waals surface area (Å²) in [6, 6.07) is 3.65. The molecule has 4 nitrogen and oxygen atoms in total. The van der Waals surface area contributed by atoms with Gasteiger partial charge in [0.1, 0.15) is 0 Å². The van der Waals surface area contributed by atoms with Gasteiger partial charge in [-0.25, -0.2) is 0 Å². The number of rotatable bonds is 2. The van der Waals surface area contributed by atoms with E-state index in [1.54, 1.807) is 12.1 Å². The molecule has 2 aliphatic heterocycles. The molecule has 0 bridgehead atoms. The van der Waals surface area contributed by atoms with Gasteiger partial charge in [0.15, 0.2) is 0 Å². The van der Waals surface area contributed by atoms with Crippen LogP contribution in [0.25, 0.3) is 0 Å². The smallest absolute Gasteiger partial charge is 0.253 e. The maximum atomic E-state index is 12.9. The largest absolute Gasteiger partial charge is 0.396 e. The predicted molar refractivity (Wildman–Crippen MR) is 99.5 cm³/mol. The zero-order valence-electron chi connectivity index (χ0n) is 13.6. The Balaban J connectivity index is 0.00000208. The molecule has 0 unspecified atom stereocenters. The van der Waals surface area contributed by atoms with Crippen LogP contribution < -0.4 is 5.32 Å². The number of fused-ring (bicyclic) bond motifs is 1. The van der Waals surface area contributed by atoms with Crippen molar-refractivity contribution in [2.24, 2.45) is 5.41 Å². The standard InChI is InChI=1S/C17H22Cl2N2O2.ClH/c1-11-13(18)7-12(8-14(11)19)16(23)21-6-3-15-17(9-21,10-22)4-2-5-20-15;/h7-8,15,20,22H,2-6,9-10H2,1H3;1H/t15-,17-;/m1./s1. The average Bonchev–Trinajstić information content (AvgIpc) is 2.58. The van der Waals surface area contributed by atoms with Crippen LogP contribution in [0.15, 0.2) is 12.1 Å². The van der Waals surface area contributed by atoms with Crippen molar-refractivity contribution < 1.29 is 9.90 Å². The van der Waals surface area contributed by atoms with Crippen LogP contribution in [-0.2, 0) is 0 Å². The van der Waals surface area contributed by atoms with Crippen molar-refractivity contribution in [3.05, 3.63) is 33.3 Å². The number of nitrogens with zero attached hydrogens (tertiary/aromatic N) is 1. The third-order valence-corrected chi connectivity index (χ3v) is 6.09. The third-order valence-electron chi connectivity index (χ3n) is 5.30. The SMILES string of the molecule is Cc1c(Cl)cc(C(=O)N2CC[C@H]3NCCC[C@]3(CO)C2)cc1Cl.Cl. The van der Waals surface area contributed by atoms with Crippen molar-refractivity contribution in [2.45, 2.75) is 32.2 Å². The molecule has 134 valence electrons. The maximum Gasteiger partial charge on any atom is 0.253 e. The van der Waals surface area contributed by atoms with E-state index in [1.807, 2.05) is 11.8 Å². The molecule has 2 heterocycles. The molecule has 2 aliphatic rings. The zero-order chi connectivity index (χ0) is 16.6. The number of carbonyl (C=O) groups excluding carboxylic acids is 1. The molecule has 0 spiro atoms. The van der Waals surface area contributed by atoms with Crippen LogP contribution in [0.3, 0.4) is 0 Å². The topological polar surface area (TPSA) is 52.6 Å². The number of nitrogens with one attached hydrogen (secondary N) is 1. The number of likely N-dealkylation sites (tertiary alicyclic amines) is 1. The van der Waals surface area contributed by atoms with Crippen LogP contribution in [0.4, 0.5) is 0 Å². The maximum absolute atomic E-state index is 12.9. The first-order chi connectivity index (χ1) is 11.0. The second-order valence-corrected chi connectivity index (χ2v) is 7.53. The molecule has 0 radical (unpaired) electrons. The quantitative estimate of drug-likeness (QED) is 0.810. The lowest BCUT2D eigenvalue weighted by Crippen LogP contribution is -2.62. The van der Waals surface area contributed by atoms with Gasteiger partial charge in [0.25, 0.3) is 5.91 Å². The monoisotopic (exact) mass is 392 g/mol. The number of carbonyl (C=O) groups is 1. The Kier molecular flexibility index (Phi) is 6.43. The first-order valence-corrected chi connectivity index (χ1v) is 8.81. The van der Waals surface area contributed by atoms with Gasteiger partial charge in [0, 0.05) is 40.2 Å². The van der Waals surface area contributed by atoms with Crippen LogP contribution in [0, 0.1) is 12.3 Å². The second kappa shape index (κ2) is 7.79. The predicted octanol–water partition coefficient (Wildman–Crippen LogP) is 3.30. The van der Waals surface area contributed by atoms with Gasteiger partial charge in [0.05, 0.1) is 6.61 Å². The number of hydrogen-bond acceptors (Lipinski definition) is 3. The van der Waals surface area contributed by atoms with Crippen molar-refractivity contribution in [2.75, 3.05) is 26.2 Å². The average molecular weight is 394 g/mol. The Morgan fingerprint density at radius 2 is 2.08 bits per heavy atom. The van der Waals surface area contributed by atoms with Crippen LogP contribution in [0.1, 0.15) is 35.2 Å². The summed E-state index contributed by atoms with van der Waals surface area (Å²) in [7, 11) is 0. The van der Waals surface area contributed by atoms with Crippen molar-refractivity contribution >= 4 is 41.5 Å². The third kappa shape index (κ3) is 3.54. The van der Waals surface area contributed by atoms with Crippen LogP contribution >= 0.6 is 35.6 Å². The molecular weight excluding hydrogens is 371 g/mol. The summed E-state index contributed by atoms with van der Waals surface area (Å²) in [5, 5.41) is 14.5. The number of halogens is 3. The minimum atomic E-state index is -0.232. The lowest BCUT2D eigenvalue weighted by molar-refractivity contribution is -0.0137. The lowest BCUT2D eigenvalue weighted by atomic mass is 9.70. The van der Waals surface area contributed by atoms with Crippen molar-refractivity contribution in [3.8, 4) is 0 Å². The van der Waals surface area contributed by atoms with Crippen LogP contribution in [0.2, 0.25) is 10.0 Å². The number of aliphatic hydroxyl groups excluding tert-OH is 1. The van der Waals surface area contributed by atoms with E-state index >= 15 is 0 Å². The first-order valence-electron chi connectivity index (χ1n) is 8.06. The summed E-state index contributed by atoms with van der Waals surface area (Å²) in [5.41, 5.74) is 1.07. The van der Waals surface area contributed by atoms with E-state index in [2.05, 4.69) is 5.32 Å². The molecule has 3 rings (SSSR count). The molecule has 2 N–H and O–H groups in total. The summed E-state index contributed by atoms with van der Waals surface area (Å²) >= 11 is 12.3. The Bertz CT molecular complexity index is 603. The molecular formula is C17H23Cl3N2O2. The minimum absolute atomic E-state index is 0. The summed E-state index contributed by atoms with van der Waals surface area (Å²) < 4.78 is 0. The molecule has 2 atom stereocenters. The molecule has 2 fully saturated rings. The van der Waals surface area contributed by atoms with E-state index in [0.29, 0.717) is 28.7 Å². The molecule has 0 saturated carbocycles. The molecule has 1 aromatic carbocycles. The van der Waals surface area contributed by atoms with Gasteiger partial charge < -0.3 is 15.3 Å². The summed E-state index contributed by atoms with van der Waals surface area (Å²) in [5.74, 6) is -0.0642. The molecule has 7 heteroatoms. The minimum Gasteiger partial charge on any atom is -0.396 e. The lowest BCUT2D eigenvalue weighted by Gasteiger charge is -2.50. The summed E-state index contributed by atoms with van der Waals surface area (Å²) in [6.45, 7) is 4.18. The fraction of sp³-hybridized carbons (Fsp3) is 0.588. The highest BCUT2D eigenvalue weighted by Crippen LogP contribution is 2.37. The zero-order valence-corrected chi connectivity index (χ0v) is 16.0. The molecule has 0 aromatic heterocycles. The first kappa shape index (κ1) is 19.8. The highest BCUT2D eigenvalue weighted by molar-refractivity contribution is 6.36. The van der Waals surface area contributed by atoms with Gasteiger partial charge in [-0.2, -0.15) is 0 Å². The van der Waals surface area contributed by atoms with E-state index in [9.17, 15) is 9.90 Å². The molecule has 2 saturated heterocycles. The van der Waals surface area contributed by atoms with Crippen LogP contribution in [-0.4, -0.2) is 48.2 Å². The summed E-state index contributed by atoms with van der Waals surface area (Å²) in [4.78, 5) is 14.7. The van der Waals surface area contributed by atoms with Gasteiger partial charge in [0.2, 0.25) is 0 Å². The van der Waals surface area contributed by atoms with Crippen LogP contribution in [0.5, 0.6) is 0 Å². The number of piperidine rings is 2. The van der Waals surface area contributed by atoms with Crippen molar-refractivity contribution in [3.63, 3.8) is 0 Å². The van der Waals surface area contributed by atoms with Crippen molar-refractivity contribution in [1.82, 2.24) is 10.2 Å². The second-order valence-electron chi connectivity index (χ2n) is 6.71. The van der Waals surface area contributed by atoms with E-state index in [1.165, 1.54) is 0 Å². The Hall–Kier alpha value is -0.520. The van der Waals surface area contributed by atoms with Gasteiger partial charge in [-0.05, 0) is 50.4 Å². The Morgan fingerprint density at radius 3 is 2.71 bits per heavy atom. The fourth-order valence-electron chi connectivity index (χ4n) is 3.81. The van der Waals surface area contributed by atoms with Gasteiger partial charge >= 0.3 is 0 Å².